The lowest BCUT2D eigenvalue weighted by Crippen LogP contribution is -2.28. The van der Waals surface area contributed by atoms with Crippen molar-refractivity contribution in [2.24, 2.45) is 5.92 Å². The lowest BCUT2D eigenvalue weighted by Gasteiger charge is -2.17. The molecule has 1 aliphatic heterocycles. The van der Waals surface area contributed by atoms with E-state index in [9.17, 15) is 9.59 Å². The molecular weight excluding hydrogens is 412 g/mol. The summed E-state index contributed by atoms with van der Waals surface area (Å²) >= 11 is 6.19. The number of aryl methyl sites for hydroxylation is 2. The number of hydrogen-bond donors (Lipinski definition) is 1. The van der Waals surface area contributed by atoms with Crippen molar-refractivity contribution in [2.45, 2.75) is 20.3 Å². The van der Waals surface area contributed by atoms with Gasteiger partial charge in [-0.25, -0.2) is 0 Å². The average Bonchev–Trinajstić information content (AvgIpc) is 3.13. The number of hydrogen-bond acceptors (Lipinski definition) is 3. The Morgan fingerprint density at radius 1 is 1.03 bits per heavy atom. The van der Waals surface area contributed by atoms with Crippen LogP contribution in [0.2, 0.25) is 5.02 Å². The highest BCUT2D eigenvalue weighted by molar-refractivity contribution is 6.31. The molecule has 158 valence electrons. The summed E-state index contributed by atoms with van der Waals surface area (Å²) in [7, 11) is 0. The zero-order valence-electron chi connectivity index (χ0n) is 17.4. The minimum absolute atomic E-state index is 0.0815. The Morgan fingerprint density at radius 3 is 2.52 bits per heavy atom. The molecule has 3 aromatic rings. The van der Waals surface area contributed by atoms with Gasteiger partial charge in [-0.2, -0.15) is 0 Å². The zero-order valence-corrected chi connectivity index (χ0v) is 18.1. The summed E-state index contributed by atoms with van der Waals surface area (Å²) in [6, 6.07) is 20.5. The third-order valence-corrected chi connectivity index (χ3v) is 5.72. The van der Waals surface area contributed by atoms with Crippen LogP contribution in [-0.4, -0.2) is 18.4 Å². The first kappa shape index (κ1) is 20.9. The molecule has 0 unspecified atom stereocenters. The summed E-state index contributed by atoms with van der Waals surface area (Å²) in [4.78, 5) is 26.8. The molecule has 4 rings (SSSR count). The van der Waals surface area contributed by atoms with E-state index in [4.69, 9.17) is 16.3 Å². The van der Waals surface area contributed by atoms with Gasteiger partial charge in [-0.3, -0.25) is 9.59 Å². The van der Waals surface area contributed by atoms with Gasteiger partial charge in [0.2, 0.25) is 11.8 Å². The van der Waals surface area contributed by atoms with Gasteiger partial charge in [-0.05, 0) is 73.5 Å². The van der Waals surface area contributed by atoms with Crippen molar-refractivity contribution in [1.82, 2.24) is 0 Å². The van der Waals surface area contributed by atoms with Gasteiger partial charge in [0.05, 0.1) is 5.92 Å². The number of rotatable bonds is 5. The van der Waals surface area contributed by atoms with Gasteiger partial charge < -0.3 is 15.0 Å². The highest BCUT2D eigenvalue weighted by atomic mass is 35.5. The number of nitrogens with one attached hydrogen (secondary N) is 1. The van der Waals surface area contributed by atoms with Gasteiger partial charge in [0, 0.05) is 29.4 Å². The van der Waals surface area contributed by atoms with Crippen LogP contribution < -0.4 is 15.0 Å². The second-order valence-electron chi connectivity index (χ2n) is 7.77. The van der Waals surface area contributed by atoms with E-state index >= 15 is 0 Å². The summed E-state index contributed by atoms with van der Waals surface area (Å²) in [6.07, 6.45) is 0.173. The Kier molecular flexibility index (Phi) is 5.96. The first-order valence-corrected chi connectivity index (χ1v) is 10.5. The van der Waals surface area contributed by atoms with E-state index in [1.165, 1.54) is 0 Å². The van der Waals surface area contributed by atoms with E-state index in [1.54, 1.807) is 35.2 Å². The van der Waals surface area contributed by atoms with Crippen LogP contribution in [0.4, 0.5) is 11.4 Å². The average molecular weight is 435 g/mol. The van der Waals surface area contributed by atoms with Crippen molar-refractivity contribution in [3.63, 3.8) is 0 Å². The van der Waals surface area contributed by atoms with Crippen LogP contribution in [0.5, 0.6) is 11.5 Å². The maximum Gasteiger partial charge on any atom is 0.229 e. The number of ether oxygens (including phenoxy) is 1. The first-order valence-electron chi connectivity index (χ1n) is 10.1. The van der Waals surface area contributed by atoms with Gasteiger partial charge in [0.1, 0.15) is 11.5 Å². The minimum Gasteiger partial charge on any atom is -0.457 e. The molecule has 6 heteroatoms. The predicted octanol–water partition coefficient (Wildman–Crippen LogP) is 5.74. The SMILES string of the molecule is Cc1cccc(Oc2ccc(NC(=O)[C@@H]3CC(=O)N(c4ccc(C)c(Cl)c4)C3)cc2)c1. The van der Waals surface area contributed by atoms with Gasteiger partial charge >= 0.3 is 0 Å². The summed E-state index contributed by atoms with van der Waals surface area (Å²) in [5, 5.41) is 3.50. The topological polar surface area (TPSA) is 58.6 Å². The largest absolute Gasteiger partial charge is 0.457 e. The fourth-order valence-electron chi connectivity index (χ4n) is 3.55. The number of amides is 2. The Bertz CT molecular complexity index is 1130. The summed E-state index contributed by atoms with van der Waals surface area (Å²) in [5.41, 5.74) is 3.44. The van der Waals surface area contributed by atoms with Crippen molar-refractivity contribution >= 4 is 34.8 Å². The molecule has 1 aliphatic rings. The van der Waals surface area contributed by atoms with Crippen LogP contribution in [0.15, 0.2) is 66.7 Å². The number of carbonyl (C=O) groups excluding carboxylic acids is 2. The van der Waals surface area contributed by atoms with E-state index in [1.807, 2.05) is 50.2 Å². The van der Waals surface area contributed by atoms with Crippen molar-refractivity contribution < 1.29 is 14.3 Å². The van der Waals surface area contributed by atoms with Crippen LogP contribution in [0.25, 0.3) is 0 Å². The van der Waals surface area contributed by atoms with Gasteiger partial charge in [-0.1, -0.05) is 29.8 Å². The maximum atomic E-state index is 12.7. The third kappa shape index (κ3) is 4.89. The summed E-state index contributed by atoms with van der Waals surface area (Å²) in [6.45, 7) is 4.25. The molecule has 31 heavy (non-hydrogen) atoms. The number of nitrogens with zero attached hydrogens (tertiary/aromatic N) is 1. The highest BCUT2D eigenvalue weighted by Crippen LogP contribution is 2.30. The Morgan fingerprint density at radius 2 is 1.81 bits per heavy atom. The van der Waals surface area contributed by atoms with Crippen molar-refractivity contribution in [2.75, 3.05) is 16.8 Å². The van der Waals surface area contributed by atoms with E-state index in [0.717, 1.165) is 16.9 Å². The first-order chi connectivity index (χ1) is 14.9. The van der Waals surface area contributed by atoms with Crippen LogP contribution >= 0.6 is 11.6 Å². The van der Waals surface area contributed by atoms with E-state index in [0.29, 0.717) is 28.7 Å². The molecule has 5 nitrogen and oxygen atoms in total. The molecule has 0 aromatic heterocycles. The number of halogens is 1. The molecule has 3 aromatic carbocycles. The third-order valence-electron chi connectivity index (χ3n) is 5.31. The number of anilines is 2. The van der Waals surface area contributed by atoms with E-state index in [2.05, 4.69) is 5.32 Å². The number of carbonyl (C=O) groups is 2. The second kappa shape index (κ2) is 8.82. The van der Waals surface area contributed by atoms with Crippen LogP contribution in [-0.2, 0) is 9.59 Å². The standard InChI is InChI=1S/C25H23ClN2O3/c1-16-4-3-5-22(12-16)31-21-10-7-19(8-11-21)27-25(30)18-13-24(29)28(15-18)20-9-6-17(2)23(26)14-20/h3-12,14,18H,13,15H2,1-2H3,(H,27,30)/t18-/m1/s1. The molecular formula is C25H23ClN2O3. The lowest BCUT2D eigenvalue weighted by atomic mass is 10.1. The molecule has 0 bridgehead atoms. The molecule has 1 N–H and O–H groups in total. The zero-order chi connectivity index (χ0) is 22.0. The van der Waals surface area contributed by atoms with Gasteiger partial charge in [-0.15, -0.1) is 0 Å². The molecule has 1 saturated heterocycles. The van der Waals surface area contributed by atoms with Crippen molar-refractivity contribution in [3.05, 3.63) is 82.9 Å². The van der Waals surface area contributed by atoms with Crippen molar-refractivity contribution in [3.8, 4) is 11.5 Å². The smallest absolute Gasteiger partial charge is 0.229 e. The van der Waals surface area contributed by atoms with Gasteiger partial charge in [0.15, 0.2) is 0 Å². The molecule has 0 spiro atoms. The fraction of sp³-hybridized carbons (Fsp3) is 0.200. The molecule has 1 heterocycles. The predicted molar refractivity (Wildman–Crippen MR) is 123 cm³/mol. The monoisotopic (exact) mass is 434 g/mol. The molecule has 0 aliphatic carbocycles. The number of benzene rings is 3. The lowest BCUT2D eigenvalue weighted by molar-refractivity contribution is -0.122. The normalized spacial score (nSPS) is 15.8. The van der Waals surface area contributed by atoms with Crippen molar-refractivity contribution in [1.29, 1.82) is 0 Å². The van der Waals surface area contributed by atoms with Crippen LogP contribution in [0.3, 0.4) is 0 Å². The Balaban J connectivity index is 1.38. The molecule has 2 amide bonds. The Labute approximate surface area is 186 Å². The fourth-order valence-corrected chi connectivity index (χ4v) is 3.72. The molecule has 0 saturated carbocycles. The second-order valence-corrected chi connectivity index (χ2v) is 8.18. The molecule has 1 atom stereocenters. The summed E-state index contributed by atoms with van der Waals surface area (Å²) in [5.74, 6) is 0.763. The summed E-state index contributed by atoms with van der Waals surface area (Å²) < 4.78 is 5.84. The molecule has 1 fully saturated rings. The van der Waals surface area contributed by atoms with E-state index in [-0.39, 0.29) is 18.2 Å². The quantitative estimate of drug-likeness (QED) is 0.557. The van der Waals surface area contributed by atoms with Gasteiger partial charge in [0.25, 0.3) is 0 Å². The highest BCUT2D eigenvalue weighted by Gasteiger charge is 2.35. The Hall–Kier alpha value is -3.31. The minimum atomic E-state index is -0.421. The van der Waals surface area contributed by atoms with Crippen LogP contribution in [0, 0.1) is 19.8 Å². The maximum absolute atomic E-state index is 12.7. The molecule has 0 radical (unpaired) electrons. The van der Waals surface area contributed by atoms with E-state index < -0.39 is 5.92 Å². The van der Waals surface area contributed by atoms with Crippen LogP contribution in [0.1, 0.15) is 17.5 Å².